The lowest BCUT2D eigenvalue weighted by Gasteiger charge is -2.39. The molecule has 2 fully saturated rings. The van der Waals surface area contributed by atoms with E-state index in [1.54, 1.807) is 0 Å². The lowest BCUT2D eigenvalue weighted by atomic mass is 9.65. The van der Waals surface area contributed by atoms with Crippen molar-refractivity contribution < 1.29 is 0 Å². The molecule has 3 aliphatic carbocycles. The van der Waals surface area contributed by atoms with Crippen LogP contribution in [0.2, 0.25) is 0 Å². The summed E-state index contributed by atoms with van der Waals surface area (Å²) in [6, 6.07) is 0. The molecule has 3 aliphatic rings. The fraction of sp³-hybridized carbons (Fsp3) is 0.867. The predicted octanol–water partition coefficient (Wildman–Crippen LogP) is 4.27. The van der Waals surface area contributed by atoms with Crippen LogP contribution in [0.1, 0.15) is 47.0 Å². The topological polar surface area (TPSA) is 0 Å². The molecule has 0 saturated heterocycles. The minimum atomic E-state index is 0.553. The molecule has 0 amide bonds. The van der Waals surface area contributed by atoms with Gasteiger partial charge in [-0.3, -0.25) is 0 Å². The van der Waals surface area contributed by atoms with Gasteiger partial charge in [0.1, 0.15) is 0 Å². The number of allylic oxidation sites excluding steroid dienone is 2. The highest BCUT2D eigenvalue weighted by Crippen LogP contribution is 2.70. The van der Waals surface area contributed by atoms with E-state index < -0.39 is 0 Å². The molecule has 0 heterocycles. The molecule has 15 heavy (non-hydrogen) atoms. The predicted molar refractivity (Wildman–Crippen MR) is 64.5 cm³/mol. The Hall–Kier alpha value is -0.260. The highest BCUT2D eigenvalue weighted by atomic mass is 14.7. The molecule has 0 nitrogen and oxygen atoms in total. The third-order valence-corrected chi connectivity index (χ3v) is 6.23. The molecule has 2 bridgehead atoms. The third kappa shape index (κ3) is 0.990. The summed E-state index contributed by atoms with van der Waals surface area (Å²) in [5.41, 5.74) is 1.22. The van der Waals surface area contributed by atoms with Gasteiger partial charge >= 0.3 is 0 Å². The van der Waals surface area contributed by atoms with E-state index in [0.29, 0.717) is 10.8 Å². The lowest BCUT2D eigenvalue weighted by molar-refractivity contribution is 0.115. The highest BCUT2D eigenvalue weighted by molar-refractivity contribution is 5.23. The average molecular weight is 204 g/mol. The van der Waals surface area contributed by atoms with Crippen LogP contribution in [0.15, 0.2) is 12.2 Å². The molecule has 1 spiro atoms. The van der Waals surface area contributed by atoms with Crippen molar-refractivity contribution in [2.24, 2.45) is 34.5 Å². The molecule has 0 heteroatoms. The summed E-state index contributed by atoms with van der Waals surface area (Å²) < 4.78 is 0. The molecular formula is C15H24. The van der Waals surface area contributed by atoms with Crippen LogP contribution in [-0.4, -0.2) is 0 Å². The Labute approximate surface area is 94.1 Å². The van der Waals surface area contributed by atoms with Crippen molar-refractivity contribution in [3.63, 3.8) is 0 Å². The van der Waals surface area contributed by atoms with Gasteiger partial charge in [-0.25, -0.2) is 0 Å². The maximum atomic E-state index is 2.56. The molecule has 0 aromatic heterocycles. The Kier molecular flexibility index (Phi) is 1.79. The van der Waals surface area contributed by atoms with Crippen LogP contribution in [0.3, 0.4) is 0 Å². The Morgan fingerprint density at radius 3 is 2.60 bits per heavy atom. The van der Waals surface area contributed by atoms with Crippen molar-refractivity contribution in [1.29, 1.82) is 0 Å². The lowest BCUT2D eigenvalue weighted by Crippen LogP contribution is -2.31. The van der Waals surface area contributed by atoms with Gasteiger partial charge in [-0.05, 0) is 53.8 Å². The van der Waals surface area contributed by atoms with E-state index in [9.17, 15) is 0 Å². The van der Waals surface area contributed by atoms with Gasteiger partial charge in [0.15, 0.2) is 0 Å². The highest BCUT2D eigenvalue weighted by Gasteiger charge is 2.62. The quantitative estimate of drug-likeness (QED) is 0.517. The van der Waals surface area contributed by atoms with Crippen LogP contribution in [0, 0.1) is 34.5 Å². The molecule has 0 unspecified atom stereocenters. The molecule has 5 atom stereocenters. The molecule has 0 aliphatic heterocycles. The zero-order valence-corrected chi connectivity index (χ0v) is 10.6. The van der Waals surface area contributed by atoms with Gasteiger partial charge in [-0.2, -0.15) is 0 Å². The Morgan fingerprint density at radius 1 is 1.13 bits per heavy atom. The van der Waals surface area contributed by atoms with Gasteiger partial charge in [-0.15, -0.1) is 0 Å². The normalized spacial score (nSPS) is 55.7. The van der Waals surface area contributed by atoms with Crippen LogP contribution in [0.4, 0.5) is 0 Å². The fourth-order valence-electron chi connectivity index (χ4n) is 5.27. The molecule has 0 N–H and O–H groups in total. The largest absolute Gasteiger partial charge is 0.0848 e. The molecule has 84 valence electrons. The maximum Gasteiger partial charge on any atom is -0.0117 e. The summed E-state index contributed by atoms with van der Waals surface area (Å²) in [7, 11) is 0. The second kappa shape index (κ2) is 2.70. The number of fused-ring (bicyclic) bond motifs is 1. The first-order valence-corrected chi connectivity index (χ1v) is 6.67. The van der Waals surface area contributed by atoms with Crippen molar-refractivity contribution >= 4 is 0 Å². The van der Waals surface area contributed by atoms with Crippen molar-refractivity contribution in [1.82, 2.24) is 0 Å². The van der Waals surface area contributed by atoms with E-state index in [1.807, 2.05) is 0 Å². The van der Waals surface area contributed by atoms with Crippen molar-refractivity contribution in [2.75, 3.05) is 0 Å². The molecule has 3 rings (SSSR count). The standard InChI is InChI=1S/C15H24/c1-10-7-8-15-9-12(10)14(3,4)13(15)6-5-11(15)2/h5-6,10-13H,7-9H2,1-4H3/t10-,11-,12-,13+,15-/m1/s1. The Bertz CT molecular complexity index is 312. The van der Waals surface area contributed by atoms with Crippen LogP contribution in [-0.2, 0) is 0 Å². The zero-order chi connectivity index (χ0) is 10.8. The summed E-state index contributed by atoms with van der Waals surface area (Å²) in [5.74, 6) is 3.63. The van der Waals surface area contributed by atoms with Gasteiger partial charge in [0.25, 0.3) is 0 Å². The van der Waals surface area contributed by atoms with Crippen LogP contribution < -0.4 is 0 Å². The SMILES string of the molecule is C[C@@H]1CC[C@]23C[C@H]1C(C)(C)[C@@H]2C=C[C@H]3C. The van der Waals surface area contributed by atoms with E-state index in [0.717, 1.165) is 23.7 Å². The second-order valence-electron chi connectivity index (χ2n) is 7.03. The van der Waals surface area contributed by atoms with Crippen molar-refractivity contribution in [3.8, 4) is 0 Å². The third-order valence-electron chi connectivity index (χ3n) is 6.23. The van der Waals surface area contributed by atoms with Crippen molar-refractivity contribution in [3.05, 3.63) is 12.2 Å². The fourth-order valence-corrected chi connectivity index (χ4v) is 5.27. The van der Waals surface area contributed by atoms with Gasteiger partial charge in [-0.1, -0.05) is 39.8 Å². The molecule has 0 aromatic rings. The average Bonchev–Trinajstić information content (AvgIpc) is 2.57. The second-order valence-corrected chi connectivity index (χ2v) is 7.03. The summed E-state index contributed by atoms with van der Waals surface area (Å²) in [5, 5.41) is 0. The minimum absolute atomic E-state index is 0.553. The Balaban J connectivity index is 2.08. The number of hydrogen-bond donors (Lipinski definition) is 0. The summed E-state index contributed by atoms with van der Waals surface area (Å²) in [4.78, 5) is 0. The summed E-state index contributed by atoms with van der Waals surface area (Å²) >= 11 is 0. The number of hydrogen-bond acceptors (Lipinski definition) is 0. The van der Waals surface area contributed by atoms with E-state index in [4.69, 9.17) is 0 Å². The van der Waals surface area contributed by atoms with Gasteiger partial charge in [0.2, 0.25) is 0 Å². The first-order valence-electron chi connectivity index (χ1n) is 6.67. The minimum Gasteiger partial charge on any atom is -0.0848 e. The van der Waals surface area contributed by atoms with Crippen LogP contribution >= 0.6 is 0 Å². The van der Waals surface area contributed by atoms with Crippen molar-refractivity contribution in [2.45, 2.75) is 47.0 Å². The first kappa shape index (κ1) is 9.93. The summed E-state index contributed by atoms with van der Waals surface area (Å²) in [6.45, 7) is 9.97. The van der Waals surface area contributed by atoms with Crippen LogP contribution in [0.25, 0.3) is 0 Å². The van der Waals surface area contributed by atoms with E-state index in [2.05, 4.69) is 39.8 Å². The van der Waals surface area contributed by atoms with E-state index in [1.165, 1.54) is 19.3 Å². The van der Waals surface area contributed by atoms with Gasteiger partial charge in [0, 0.05) is 0 Å². The smallest absolute Gasteiger partial charge is 0.0117 e. The van der Waals surface area contributed by atoms with Gasteiger partial charge < -0.3 is 0 Å². The first-order chi connectivity index (χ1) is 6.98. The maximum absolute atomic E-state index is 2.56. The van der Waals surface area contributed by atoms with E-state index in [-0.39, 0.29) is 0 Å². The Morgan fingerprint density at radius 2 is 1.87 bits per heavy atom. The zero-order valence-electron chi connectivity index (χ0n) is 10.6. The molecule has 0 aromatic carbocycles. The van der Waals surface area contributed by atoms with E-state index >= 15 is 0 Å². The molecular weight excluding hydrogens is 180 g/mol. The monoisotopic (exact) mass is 204 g/mol. The number of rotatable bonds is 0. The van der Waals surface area contributed by atoms with Crippen LogP contribution in [0.5, 0.6) is 0 Å². The van der Waals surface area contributed by atoms with Gasteiger partial charge in [0.05, 0.1) is 0 Å². The molecule has 0 radical (unpaired) electrons. The summed E-state index contributed by atoms with van der Waals surface area (Å²) in [6.07, 6.45) is 9.50. The molecule has 2 saturated carbocycles.